The highest BCUT2D eigenvalue weighted by Gasteiger charge is 2.27. The van der Waals surface area contributed by atoms with Crippen LogP contribution >= 0.6 is 0 Å². The lowest BCUT2D eigenvalue weighted by Gasteiger charge is -2.32. The van der Waals surface area contributed by atoms with E-state index >= 15 is 0 Å². The Labute approximate surface area is 180 Å². The molecule has 4 rings (SSSR count). The van der Waals surface area contributed by atoms with Crippen molar-refractivity contribution in [1.29, 1.82) is 0 Å². The molecule has 1 unspecified atom stereocenters. The van der Waals surface area contributed by atoms with E-state index in [1.807, 2.05) is 31.2 Å². The second-order valence-electron chi connectivity index (χ2n) is 7.38. The fourth-order valence-electron chi connectivity index (χ4n) is 3.59. The van der Waals surface area contributed by atoms with Gasteiger partial charge in [0.1, 0.15) is 23.3 Å². The molecule has 1 aliphatic rings. The van der Waals surface area contributed by atoms with E-state index in [1.165, 1.54) is 0 Å². The number of methoxy groups -OCH3 is 2. The predicted octanol–water partition coefficient (Wildman–Crippen LogP) is 2.88. The number of aryl methyl sites for hydroxylation is 1. The molecule has 1 fully saturated rings. The molecule has 0 bridgehead atoms. The number of carbonyl (C=O) groups is 1. The lowest BCUT2D eigenvalue weighted by Crippen LogP contribution is -2.44. The standard InChI is InChI=1S/C22H25N5O4/c1-14-6-9-21(26-23-14)31-16-5-4-10-27(13-16)22(28)19-12-18(24-25-19)17-11-15(29-2)7-8-20(17)30-3/h6-9,11-12,16H,4-5,10,13H2,1-3H3,(H,24,25). The third-order valence-electron chi connectivity index (χ3n) is 5.22. The summed E-state index contributed by atoms with van der Waals surface area (Å²) in [6.07, 6.45) is 1.57. The minimum absolute atomic E-state index is 0.121. The van der Waals surface area contributed by atoms with Gasteiger partial charge in [-0.2, -0.15) is 10.2 Å². The Balaban J connectivity index is 1.47. The maximum absolute atomic E-state index is 13.1. The number of H-pyrrole nitrogens is 1. The average Bonchev–Trinajstić information content (AvgIpc) is 3.30. The minimum Gasteiger partial charge on any atom is -0.497 e. The molecule has 0 spiro atoms. The van der Waals surface area contributed by atoms with Gasteiger partial charge in [-0.1, -0.05) is 0 Å². The van der Waals surface area contributed by atoms with E-state index in [0.29, 0.717) is 41.9 Å². The van der Waals surface area contributed by atoms with E-state index in [0.717, 1.165) is 24.1 Å². The Morgan fingerprint density at radius 3 is 2.74 bits per heavy atom. The molecule has 31 heavy (non-hydrogen) atoms. The summed E-state index contributed by atoms with van der Waals surface area (Å²) >= 11 is 0. The molecule has 0 radical (unpaired) electrons. The first-order valence-corrected chi connectivity index (χ1v) is 10.1. The van der Waals surface area contributed by atoms with Crippen molar-refractivity contribution in [2.45, 2.75) is 25.9 Å². The van der Waals surface area contributed by atoms with Crippen LogP contribution in [0.1, 0.15) is 29.0 Å². The Bertz CT molecular complexity index is 1050. The zero-order valence-corrected chi connectivity index (χ0v) is 17.8. The van der Waals surface area contributed by atoms with E-state index < -0.39 is 0 Å². The smallest absolute Gasteiger partial charge is 0.272 e. The monoisotopic (exact) mass is 423 g/mol. The number of amides is 1. The normalized spacial score (nSPS) is 16.1. The van der Waals surface area contributed by atoms with Crippen molar-refractivity contribution in [3.63, 3.8) is 0 Å². The van der Waals surface area contributed by atoms with Crippen molar-refractivity contribution in [2.24, 2.45) is 0 Å². The van der Waals surface area contributed by atoms with Crippen LogP contribution in [0.4, 0.5) is 0 Å². The molecule has 2 aromatic heterocycles. The predicted molar refractivity (Wildman–Crippen MR) is 113 cm³/mol. The molecular weight excluding hydrogens is 398 g/mol. The van der Waals surface area contributed by atoms with Crippen LogP contribution in [0.25, 0.3) is 11.3 Å². The molecule has 9 heteroatoms. The van der Waals surface area contributed by atoms with Gasteiger partial charge in [-0.3, -0.25) is 9.89 Å². The lowest BCUT2D eigenvalue weighted by molar-refractivity contribution is 0.0520. The Morgan fingerprint density at radius 1 is 1.13 bits per heavy atom. The van der Waals surface area contributed by atoms with Gasteiger partial charge in [-0.05, 0) is 50.1 Å². The van der Waals surface area contributed by atoms with Gasteiger partial charge in [-0.15, -0.1) is 5.10 Å². The number of carbonyl (C=O) groups excluding carboxylic acids is 1. The first kappa shape index (κ1) is 20.6. The number of likely N-dealkylation sites (tertiary alicyclic amines) is 1. The summed E-state index contributed by atoms with van der Waals surface area (Å²) in [4.78, 5) is 14.9. The lowest BCUT2D eigenvalue weighted by atomic mass is 10.1. The van der Waals surface area contributed by atoms with Crippen molar-refractivity contribution in [3.05, 3.63) is 47.8 Å². The largest absolute Gasteiger partial charge is 0.497 e. The molecule has 1 aromatic carbocycles. The molecule has 1 amide bonds. The maximum Gasteiger partial charge on any atom is 0.272 e. The summed E-state index contributed by atoms with van der Waals surface area (Å²) in [5, 5.41) is 15.3. The van der Waals surface area contributed by atoms with Gasteiger partial charge in [0.15, 0.2) is 0 Å². The van der Waals surface area contributed by atoms with Crippen LogP contribution in [0, 0.1) is 6.92 Å². The number of benzene rings is 1. The van der Waals surface area contributed by atoms with Crippen LogP contribution in [0.3, 0.4) is 0 Å². The number of nitrogens with zero attached hydrogens (tertiary/aromatic N) is 4. The number of hydrogen-bond donors (Lipinski definition) is 1. The van der Waals surface area contributed by atoms with E-state index in [2.05, 4.69) is 20.4 Å². The Morgan fingerprint density at radius 2 is 2.00 bits per heavy atom. The molecule has 3 aromatic rings. The van der Waals surface area contributed by atoms with Gasteiger partial charge in [0.05, 0.1) is 32.2 Å². The summed E-state index contributed by atoms with van der Waals surface area (Å²) < 4.78 is 16.7. The van der Waals surface area contributed by atoms with Crippen molar-refractivity contribution in [3.8, 4) is 28.6 Å². The van der Waals surface area contributed by atoms with E-state index in [1.54, 1.807) is 31.3 Å². The second kappa shape index (κ2) is 9.03. The van der Waals surface area contributed by atoms with Crippen molar-refractivity contribution in [1.82, 2.24) is 25.3 Å². The van der Waals surface area contributed by atoms with Crippen LogP contribution < -0.4 is 14.2 Å². The number of aromatic nitrogens is 4. The number of aromatic amines is 1. The molecular formula is C22H25N5O4. The van der Waals surface area contributed by atoms with Gasteiger partial charge in [0, 0.05) is 18.2 Å². The van der Waals surface area contributed by atoms with Crippen LogP contribution in [0.5, 0.6) is 17.4 Å². The fraction of sp³-hybridized carbons (Fsp3) is 0.364. The van der Waals surface area contributed by atoms with Crippen LogP contribution in [0.2, 0.25) is 0 Å². The second-order valence-corrected chi connectivity index (χ2v) is 7.38. The Hall–Kier alpha value is -3.62. The van der Waals surface area contributed by atoms with E-state index in [-0.39, 0.29) is 12.0 Å². The molecule has 9 nitrogen and oxygen atoms in total. The topological polar surface area (TPSA) is 102 Å². The van der Waals surface area contributed by atoms with Crippen molar-refractivity contribution in [2.75, 3.05) is 27.3 Å². The SMILES string of the molecule is COc1ccc(OC)c(-c2cc(C(=O)N3CCCC(Oc4ccc(C)nn4)C3)[nH]n2)c1. The van der Waals surface area contributed by atoms with E-state index in [4.69, 9.17) is 14.2 Å². The van der Waals surface area contributed by atoms with Gasteiger partial charge < -0.3 is 19.1 Å². The summed E-state index contributed by atoms with van der Waals surface area (Å²) in [5.74, 6) is 1.68. The zero-order chi connectivity index (χ0) is 21.8. The molecule has 0 aliphatic carbocycles. The van der Waals surface area contributed by atoms with Crippen LogP contribution in [-0.4, -0.2) is 64.6 Å². The van der Waals surface area contributed by atoms with Gasteiger partial charge in [0.2, 0.25) is 5.88 Å². The first-order valence-electron chi connectivity index (χ1n) is 10.1. The van der Waals surface area contributed by atoms with Gasteiger partial charge in [-0.25, -0.2) is 0 Å². The number of rotatable bonds is 6. The van der Waals surface area contributed by atoms with Gasteiger partial charge in [0.25, 0.3) is 5.91 Å². The van der Waals surface area contributed by atoms with Crippen LogP contribution in [0.15, 0.2) is 36.4 Å². The van der Waals surface area contributed by atoms with Crippen molar-refractivity contribution >= 4 is 5.91 Å². The molecule has 162 valence electrons. The van der Waals surface area contributed by atoms with E-state index in [9.17, 15) is 4.79 Å². The highest BCUT2D eigenvalue weighted by atomic mass is 16.5. The molecule has 1 atom stereocenters. The molecule has 0 saturated carbocycles. The van der Waals surface area contributed by atoms with Crippen LogP contribution in [-0.2, 0) is 0 Å². The third kappa shape index (κ3) is 4.60. The summed E-state index contributed by atoms with van der Waals surface area (Å²) in [6, 6.07) is 10.8. The van der Waals surface area contributed by atoms with Gasteiger partial charge >= 0.3 is 0 Å². The molecule has 1 saturated heterocycles. The molecule has 1 N–H and O–H groups in total. The number of piperidine rings is 1. The number of ether oxygens (including phenoxy) is 3. The molecule has 1 aliphatic heterocycles. The highest BCUT2D eigenvalue weighted by Crippen LogP contribution is 2.32. The number of hydrogen-bond acceptors (Lipinski definition) is 7. The first-order chi connectivity index (χ1) is 15.1. The summed E-state index contributed by atoms with van der Waals surface area (Å²) in [7, 11) is 3.19. The maximum atomic E-state index is 13.1. The average molecular weight is 423 g/mol. The van der Waals surface area contributed by atoms with Crippen molar-refractivity contribution < 1.29 is 19.0 Å². The summed E-state index contributed by atoms with van der Waals surface area (Å²) in [6.45, 7) is 3.01. The minimum atomic E-state index is -0.129. The quantitative estimate of drug-likeness (QED) is 0.650. The number of nitrogens with one attached hydrogen (secondary N) is 1. The summed E-state index contributed by atoms with van der Waals surface area (Å²) in [5.41, 5.74) is 2.60. The molecule has 3 heterocycles. The highest BCUT2D eigenvalue weighted by molar-refractivity contribution is 5.93. The Kier molecular flexibility index (Phi) is 6.01. The third-order valence-corrected chi connectivity index (χ3v) is 5.22. The fourth-order valence-corrected chi connectivity index (χ4v) is 3.59. The zero-order valence-electron chi connectivity index (χ0n) is 17.8.